The van der Waals surface area contributed by atoms with Crippen molar-refractivity contribution in [3.63, 3.8) is 0 Å². The number of aromatic nitrogens is 3. The molecule has 0 atom stereocenters. The smallest absolute Gasteiger partial charge is 0.244 e. The number of benzene rings is 2. The van der Waals surface area contributed by atoms with Crippen molar-refractivity contribution >= 4 is 22.9 Å². The van der Waals surface area contributed by atoms with Gasteiger partial charge in [-0.3, -0.25) is 4.79 Å². The van der Waals surface area contributed by atoms with E-state index in [1.165, 1.54) is 0 Å². The quantitative estimate of drug-likeness (QED) is 0.461. The van der Waals surface area contributed by atoms with Crippen LogP contribution in [0.3, 0.4) is 0 Å². The van der Waals surface area contributed by atoms with E-state index in [2.05, 4.69) is 26.3 Å². The standard InChI is InChI=1S/C24H22N4O2/c1-30-22-8-4-7-20-18(15-27-24(20)22)9-10-23(29)26-14-11-17-5-2-3-6-19(17)21-12-13-25-16-28-21/h2-10,12-13,15-16,27H,11,14H2,1H3,(H,26,29)/b10-9+. The van der Waals surface area contributed by atoms with Gasteiger partial charge in [0, 0.05) is 41.5 Å². The zero-order chi connectivity index (χ0) is 20.8. The number of hydrogen-bond acceptors (Lipinski definition) is 4. The van der Waals surface area contributed by atoms with Crippen molar-refractivity contribution in [1.29, 1.82) is 0 Å². The van der Waals surface area contributed by atoms with Crippen LogP contribution in [-0.2, 0) is 11.2 Å². The molecular weight excluding hydrogens is 376 g/mol. The third-order valence-corrected chi connectivity index (χ3v) is 4.91. The lowest BCUT2D eigenvalue weighted by molar-refractivity contribution is -0.116. The third kappa shape index (κ3) is 4.22. The Labute approximate surface area is 174 Å². The summed E-state index contributed by atoms with van der Waals surface area (Å²) in [5.74, 6) is 0.644. The Morgan fingerprint density at radius 2 is 2.07 bits per heavy atom. The Morgan fingerprint density at radius 1 is 1.17 bits per heavy atom. The number of nitrogens with one attached hydrogen (secondary N) is 2. The first kappa shape index (κ1) is 19.4. The summed E-state index contributed by atoms with van der Waals surface area (Å²) < 4.78 is 5.36. The second-order valence-corrected chi connectivity index (χ2v) is 6.75. The molecule has 2 heterocycles. The number of carbonyl (C=O) groups excluding carboxylic acids is 1. The summed E-state index contributed by atoms with van der Waals surface area (Å²) in [5, 5.41) is 3.96. The molecule has 2 N–H and O–H groups in total. The normalized spacial score (nSPS) is 11.1. The van der Waals surface area contributed by atoms with Crippen LogP contribution in [0.25, 0.3) is 28.2 Å². The van der Waals surface area contributed by atoms with Gasteiger partial charge in [-0.05, 0) is 30.2 Å². The van der Waals surface area contributed by atoms with Gasteiger partial charge in [0.2, 0.25) is 5.91 Å². The molecule has 0 aliphatic rings. The highest BCUT2D eigenvalue weighted by molar-refractivity contribution is 5.97. The molecule has 0 aliphatic carbocycles. The van der Waals surface area contributed by atoms with E-state index in [4.69, 9.17) is 4.74 Å². The van der Waals surface area contributed by atoms with E-state index in [9.17, 15) is 4.79 Å². The number of carbonyl (C=O) groups is 1. The summed E-state index contributed by atoms with van der Waals surface area (Å²) in [6.07, 6.45) is 9.21. The number of ether oxygens (including phenoxy) is 1. The van der Waals surface area contributed by atoms with Crippen molar-refractivity contribution in [3.8, 4) is 17.0 Å². The first-order valence-electron chi connectivity index (χ1n) is 9.70. The molecule has 0 unspecified atom stereocenters. The van der Waals surface area contributed by atoms with Crippen LogP contribution < -0.4 is 10.1 Å². The summed E-state index contributed by atoms with van der Waals surface area (Å²) in [4.78, 5) is 23.8. The number of methoxy groups -OCH3 is 1. The van der Waals surface area contributed by atoms with Crippen molar-refractivity contribution < 1.29 is 9.53 Å². The van der Waals surface area contributed by atoms with Crippen molar-refractivity contribution in [3.05, 3.63) is 84.5 Å². The summed E-state index contributed by atoms with van der Waals surface area (Å²) in [6, 6.07) is 15.8. The van der Waals surface area contributed by atoms with E-state index in [0.717, 1.165) is 39.0 Å². The lowest BCUT2D eigenvalue weighted by Gasteiger charge is -2.09. The molecule has 30 heavy (non-hydrogen) atoms. The van der Waals surface area contributed by atoms with E-state index in [1.807, 2.05) is 54.7 Å². The highest BCUT2D eigenvalue weighted by Crippen LogP contribution is 2.27. The van der Waals surface area contributed by atoms with Crippen molar-refractivity contribution in [2.45, 2.75) is 6.42 Å². The van der Waals surface area contributed by atoms with E-state index in [1.54, 1.807) is 25.7 Å². The monoisotopic (exact) mass is 398 g/mol. The van der Waals surface area contributed by atoms with E-state index >= 15 is 0 Å². The Balaban J connectivity index is 1.39. The van der Waals surface area contributed by atoms with Crippen molar-refractivity contribution in [1.82, 2.24) is 20.3 Å². The topological polar surface area (TPSA) is 79.9 Å². The minimum atomic E-state index is -0.133. The minimum absolute atomic E-state index is 0.133. The van der Waals surface area contributed by atoms with Gasteiger partial charge in [0.25, 0.3) is 0 Å². The van der Waals surface area contributed by atoms with Gasteiger partial charge in [-0.1, -0.05) is 36.4 Å². The van der Waals surface area contributed by atoms with Crippen LogP contribution in [0.1, 0.15) is 11.1 Å². The molecule has 0 saturated heterocycles. The average Bonchev–Trinajstić information content (AvgIpc) is 3.22. The maximum Gasteiger partial charge on any atom is 0.244 e. The van der Waals surface area contributed by atoms with Gasteiger partial charge in [0.05, 0.1) is 18.3 Å². The average molecular weight is 398 g/mol. The Morgan fingerprint density at radius 3 is 2.90 bits per heavy atom. The Hall–Kier alpha value is -3.93. The first-order chi connectivity index (χ1) is 14.8. The van der Waals surface area contributed by atoms with Gasteiger partial charge < -0.3 is 15.0 Å². The number of hydrogen-bond donors (Lipinski definition) is 2. The number of H-pyrrole nitrogens is 1. The number of fused-ring (bicyclic) bond motifs is 1. The van der Waals surface area contributed by atoms with Crippen molar-refractivity contribution in [2.24, 2.45) is 0 Å². The number of para-hydroxylation sites is 1. The SMILES string of the molecule is COc1cccc2c(/C=C/C(=O)NCCc3ccccc3-c3ccncn3)c[nH]c12. The highest BCUT2D eigenvalue weighted by Gasteiger charge is 2.07. The Bertz CT molecular complexity index is 1180. The fourth-order valence-electron chi connectivity index (χ4n) is 3.44. The maximum atomic E-state index is 12.3. The van der Waals surface area contributed by atoms with Gasteiger partial charge in [-0.15, -0.1) is 0 Å². The van der Waals surface area contributed by atoms with Gasteiger partial charge >= 0.3 is 0 Å². The van der Waals surface area contributed by atoms with Gasteiger partial charge in [0.15, 0.2) is 0 Å². The molecule has 0 aliphatic heterocycles. The summed E-state index contributed by atoms with van der Waals surface area (Å²) in [6.45, 7) is 0.535. The van der Waals surface area contributed by atoms with Crippen LogP contribution in [0.15, 0.2) is 73.3 Å². The summed E-state index contributed by atoms with van der Waals surface area (Å²) in [5.41, 5.74) is 4.91. The number of aromatic amines is 1. The molecule has 6 heteroatoms. The van der Waals surface area contributed by atoms with Gasteiger partial charge in [-0.2, -0.15) is 0 Å². The van der Waals surface area contributed by atoms with Crippen LogP contribution in [0.2, 0.25) is 0 Å². The minimum Gasteiger partial charge on any atom is -0.495 e. The highest BCUT2D eigenvalue weighted by atomic mass is 16.5. The molecule has 0 saturated carbocycles. The van der Waals surface area contributed by atoms with Crippen LogP contribution in [0.5, 0.6) is 5.75 Å². The van der Waals surface area contributed by atoms with E-state index < -0.39 is 0 Å². The zero-order valence-electron chi connectivity index (χ0n) is 16.6. The summed E-state index contributed by atoms with van der Waals surface area (Å²) in [7, 11) is 1.64. The molecule has 6 nitrogen and oxygen atoms in total. The van der Waals surface area contributed by atoms with E-state index in [-0.39, 0.29) is 5.91 Å². The first-order valence-corrected chi connectivity index (χ1v) is 9.70. The van der Waals surface area contributed by atoms with Gasteiger partial charge in [-0.25, -0.2) is 9.97 Å². The third-order valence-electron chi connectivity index (χ3n) is 4.91. The molecule has 2 aromatic carbocycles. The summed E-state index contributed by atoms with van der Waals surface area (Å²) >= 11 is 0. The molecule has 150 valence electrons. The molecule has 0 fully saturated rings. The van der Waals surface area contributed by atoms with Gasteiger partial charge in [0.1, 0.15) is 12.1 Å². The van der Waals surface area contributed by atoms with Crippen LogP contribution >= 0.6 is 0 Å². The number of rotatable bonds is 7. The van der Waals surface area contributed by atoms with Crippen LogP contribution in [-0.4, -0.2) is 34.5 Å². The molecule has 0 spiro atoms. The number of amides is 1. The molecular formula is C24H22N4O2. The second-order valence-electron chi connectivity index (χ2n) is 6.75. The molecule has 0 radical (unpaired) electrons. The fraction of sp³-hybridized carbons (Fsp3) is 0.125. The predicted molar refractivity (Wildman–Crippen MR) is 118 cm³/mol. The Kier molecular flexibility index (Phi) is 5.85. The maximum absolute atomic E-state index is 12.3. The second kappa shape index (κ2) is 9.05. The van der Waals surface area contributed by atoms with Crippen LogP contribution in [0.4, 0.5) is 0 Å². The molecule has 0 bridgehead atoms. The zero-order valence-corrected chi connectivity index (χ0v) is 16.6. The van der Waals surface area contributed by atoms with Crippen molar-refractivity contribution in [2.75, 3.05) is 13.7 Å². The predicted octanol–water partition coefficient (Wildman–Crippen LogP) is 4.01. The number of nitrogens with zero attached hydrogens (tertiary/aromatic N) is 2. The molecule has 4 rings (SSSR count). The van der Waals surface area contributed by atoms with Crippen LogP contribution in [0, 0.1) is 0 Å². The lowest BCUT2D eigenvalue weighted by atomic mass is 10.0. The molecule has 4 aromatic rings. The fourth-order valence-corrected chi connectivity index (χ4v) is 3.44. The molecule has 1 amide bonds. The largest absolute Gasteiger partial charge is 0.495 e. The lowest BCUT2D eigenvalue weighted by Crippen LogP contribution is -2.23. The van der Waals surface area contributed by atoms with E-state index in [0.29, 0.717) is 13.0 Å². The molecule has 2 aromatic heterocycles.